The van der Waals surface area contributed by atoms with E-state index in [1.54, 1.807) is 0 Å². The van der Waals surface area contributed by atoms with Gasteiger partial charge in [0.1, 0.15) is 12.4 Å². The summed E-state index contributed by atoms with van der Waals surface area (Å²) in [7, 11) is 0. The maximum Gasteiger partial charge on any atom is 0.142 e. The fourth-order valence-corrected chi connectivity index (χ4v) is 1.69. The number of terminal acetylenes is 1. The number of fused-ring (bicyclic) bond motifs is 1. The molecule has 0 aliphatic carbocycles. The van der Waals surface area contributed by atoms with Crippen molar-refractivity contribution in [1.29, 1.82) is 0 Å². The monoisotopic (exact) mass is 187 g/mol. The molecular weight excluding hydrogens is 174 g/mol. The van der Waals surface area contributed by atoms with Crippen molar-refractivity contribution in [2.75, 3.05) is 24.6 Å². The molecule has 0 unspecified atom stereocenters. The minimum atomic E-state index is 0.760. The fourth-order valence-electron chi connectivity index (χ4n) is 1.69. The number of ether oxygens (including phenoxy) is 1. The first-order valence-corrected chi connectivity index (χ1v) is 4.83. The summed E-state index contributed by atoms with van der Waals surface area (Å²) in [6.45, 7) is 4.83. The van der Waals surface area contributed by atoms with Crippen LogP contribution in [0.25, 0.3) is 0 Å². The van der Waals surface area contributed by atoms with Crippen LogP contribution in [-0.2, 0) is 0 Å². The number of hydrogen-bond donors (Lipinski definition) is 0. The zero-order valence-corrected chi connectivity index (χ0v) is 8.29. The minimum Gasteiger partial charge on any atom is -0.490 e. The Morgan fingerprint density at radius 3 is 3.14 bits per heavy atom. The van der Waals surface area contributed by atoms with Gasteiger partial charge in [0, 0.05) is 12.1 Å². The topological polar surface area (TPSA) is 12.5 Å². The Morgan fingerprint density at radius 1 is 1.57 bits per heavy atom. The maximum absolute atomic E-state index is 5.54. The van der Waals surface area contributed by atoms with Crippen molar-refractivity contribution in [1.82, 2.24) is 0 Å². The Bertz CT molecular complexity index is 378. The SMILES string of the molecule is C#Cc1ccc2c(c1)N(CC)CCO2. The van der Waals surface area contributed by atoms with E-state index in [9.17, 15) is 0 Å². The van der Waals surface area contributed by atoms with E-state index in [-0.39, 0.29) is 0 Å². The second kappa shape index (κ2) is 3.63. The lowest BCUT2D eigenvalue weighted by Gasteiger charge is -2.30. The Morgan fingerprint density at radius 2 is 2.43 bits per heavy atom. The van der Waals surface area contributed by atoms with E-state index in [1.165, 1.54) is 0 Å². The lowest BCUT2D eigenvalue weighted by Crippen LogP contribution is -2.32. The third kappa shape index (κ3) is 1.42. The first kappa shape index (κ1) is 8.96. The van der Waals surface area contributed by atoms with Crippen LogP contribution < -0.4 is 9.64 Å². The molecule has 0 spiro atoms. The highest BCUT2D eigenvalue weighted by atomic mass is 16.5. The summed E-state index contributed by atoms with van der Waals surface area (Å²) >= 11 is 0. The van der Waals surface area contributed by atoms with Crippen molar-refractivity contribution >= 4 is 5.69 Å². The first-order chi connectivity index (χ1) is 6.85. The van der Waals surface area contributed by atoms with Crippen LogP contribution in [-0.4, -0.2) is 19.7 Å². The van der Waals surface area contributed by atoms with Gasteiger partial charge in [-0.15, -0.1) is 6.42 Å². The van der Waals surface area contributed by atoms with E-state index in [0.717, 1.165) is 36.7 Å². The molecule has 2 rings (SSSR count). The number of anilines is 1. The van der Waals surface area contributed by atoms with Gasteiger partial charge in [-0.3, -0.25) is 0 Å². The van der Waals surface area contributed by atoms with Crippen molar-refractivity contribution < 1.29 is 4.74 Å². The number of benzene rings is 1. The fraction of sp³-hybridized carbons (Fsp3) is 0.333. The van der Waals surface area contributed by atoms with Gasteiger partial charge in [-0.05, 0) is 25.1 Å². The Labute approximate surface area is 84.5 Å². The zero-order chi connectivity index (χ0) is 9.97. The van der Waals surface area contributed by atoms with Gasteiger partial charge in [-0.2, -0.15) is 0 Å². The Hall–Kier alpha value is -1.62. The van der Waals surface area contributed by atoms with Gasteiger partial charge in [0.05, 0.1) is 12.2 Å². The summed E-state index contributed by atoms with van der Waals surface area (Å²) in [4.78, 5) is 2.28. The highest BCUT2D eigenvalue weighted by Gasteiger charge is 2.16. The molecule has 14 heavy (non-hydrogen) atoms. The summed E-state index contributed by atoms with van der Waals surface area (Å²) in [6, 6.07) is 5.88. The minimum absolute atomic E-state index is 0.760. The average molecular weight is 187 g/mol. The molecular formula is C12H13NO. The molecule has 0 saturated heterocycles. The molecule has 1 heterocycles. The van der Waals surface area contributed by atoms with E-state index in [4.69, 9.17) is 11.2 Å². The molecule has 0 saturated carbocycles. The van der Waals surface area contributed by atoms with Crippen molar-refractivity contribution in [2.45, 2.75) is 6.92 Å². The first-order valence-electron chi connectivity index (χ1n) is 4.83. The molecule has 1 aromatic carbocycles. The van der Waals surface area contributed by atoms with Gasteiger partial charge in [-0.25, -0.2) is 0 Å². The summed E-state index contributed by atoms with van der Waals surface area (Å²) < 4.78 is 5.54. The van der Waals surface area contributed by atoms with Gasteiger partial charge >= 0.3 is 0 Å². The normalized spacial score (nSPS) is 14.1. The van der Waals surface area contributed by atoms with Crippen LogP contribution in [0.2, 0.25) is 0 Å². The highest BCUT2D eigenvalue weighted by molar-refractivity contribution is 5.63. The molecule has 1 aromatic rings. The number of hydrogen-bond acceptors (Lipinski definition) is 2. The van der Waals surface area contributed by atoms with Gasteiger partial charge in [-0.1, -0.05) is 5.92 Å². The molecule has 2 heteroatoms. The zero-order valence-electron chi connectivity index (χ0n) is 8.29. The lowest BCUT2D eigenvalue weighted by atomic mass is 10.1. The molecule has 0 fully saturated rings. The Kier molecular flexibility index (Phi) is 2.32. The molecule has 1 aliphatic heterocycles. The molecule has 0 amide bonds. The van der Waals surface area contributed by atoms with E-state index in [1.807, 2.05) is 18.2 Å². The second-order valence-electron chi connectivity index (χ2n) is 3.25. The summed E-state index contributed by atoms with van der Waals surface area (Å²) in [5.41, 5.74) is 2.03. The number of nitrogens with zero attached hydrogens (tertiary/aromatic N) is 1. The van der Waals surface area contributed by atoms with Crippen molar-refractivity contribution in [3.63, 3.8) is 0 Å². The molecule has 0 atom stereocenters. The summed E-state index contributed by atoms with van der Waals surface area (Å²) in [5.74, 6) is 3.58. The van der Waals surface area contributed by atoms with E-state index in [0.29, 0.717) is 0 Å². The largest absolute Gasteiger partial charge is 0.490 e. The molecule has 0 N–H and O–H groups in total. The van der Waals surface area contributed by atoms with Gasteiger partial charge in [0.25, 0.3) is 0 Å². The third-order valence-corrected chi connectivity index (χ3v) is 2.47. The van der Waals surface area contributed by atoms with E-state index in [2.05, 4.69) is 17.7 Å². The lowest BCUT2D eigenvalue weighted by molar-refractivity contribution is 0.308. The van der Waals surface area contributed by atoms with Crippen LogP contribution in [0.3, 0.4) is 0 Å². The molecule has 0 aromatic heterocycles. The van der Waals surface area contributed by atoms with Gasteiger partial charge in [0.2, 0.25) is 0 Å². The van der Waals surface area contributed by atoms with Gasteiger partial charge < -0.3 is 9.64 Å². The van der Waals surface area contributed by atoms with Crippen LogP contribution in [0.15, 0.2) is 18.2 Å². The molecule has 2 nitrogen and oxygen atoms in total. The van der Waals surface area contributed by atoms with Crippen LogP contribution in [0, 0.1) is 12.3 Å². The second-order valence-corrected chi connectivity index (χ2v) is 3.25. The number of likely N-dealkylation sites (N-methyl/N-ethyl adjacent to an activating group) is 1. The predicted molar refractivity (Wildman–Crippen MR) is 57.8 cm³/mol. The Balaban J connectivity index is 2.44. The molecule has 0 radical (unpaired) electrons. The number of rotatable bonds is 1. The van der Waals surface area contributed by atoms with Crippen LogP contribution in [0.4, 0.5) is 5.69 Å². The van der Waals surface area contributed by atoms with Crippen LogP contribution in [0.1, 0.15) is 12.5 Å². The summed E-state index contributed by atoms with van der Waals surface area (Å²) in [6.07, 6.45) is 5.36. The average Bonchev–Trinajstić information content (AvgIpc) is 2.27. The smallest absolute Gasteiger partial charge is 0.142 e. The van der Waals surface area contributed by atoms with Crippen molar-refractivity contribution in [3.05, 3.63) is 23.8 Å². The van der Waals surface area contributed by atoms with Crippen LogP contribution in [0.5, 0.6) is 5.75 Å². The van der Waals surface area contributed by atoms with Crippen LogP contribution >= 0.6 is 0 Å². The highest BCUT2D eigenvalue weighted by Crippen LogP contribution is 2.31. The quantitative estimate of drug-likeness (QED) is 0.622. The predicted octanol–water partition coefficient (Wildman–Crippen LogP) is 1.89. The summed E-state index contributed by atoms with van der Waals surface area (Å²) in [5, 5.41) is 0. The standard InChI is InChI=1S/C12H13NO/c1-3-10-5-6-12-11(9-10)13(4-2)7-8-14-12/h1,5-6,9H,4,7-8H2,2H3. The van der Waals surface area contributed by atoms with Crippen molar-refractivity contribution in [2.24, 2.45) is 0 Å². The third-order valence-electron chi connectivity index (χ3n) is 2.47. The molecule has 1 aliphatic rings. The molecule has 72 valence electrons. The van der Waals surface area contributed by atoms with E-state index >= 15 is 0 Å². The van der Waals surface area contributed by atoms with E-state index < -0.39 is 0 Å². The van der Waals surface area contributed by atoms with Crippen molar-refractivity contribution in [3.8, 4) is 18.1 Å². The molecule has 0 bridgehead atoms. The van der Waals surface area contributed by atoms with Gasteiger partial charge in [0.15, 0.2) is 0 Å². The maximum atomic E-state index is 5.54.